The Balaban J connectivity index is 2.44. The molecule has 0 aromatic heterocycles. The number of hydrogen-bond donors (Lipinski definition) is 2. The first-order valence-electron chi connectivity index (χ1n) is 5.90. The van der Waals surface area contributed by atoms with Crippen LogP contribution in [0.25, 0.3) is 0 Å². The number of benzene rings is 1. The fraction of sp³-hybridized carbons (Fsp3) is 0.462. The molecule has 0 saturated heterocycles. The fourth-order valence-corrected chi connectivity index (χ4v) is 2.68. The van der Waals surface area contributed by atoms with Crippen LogP contribution in [-0.4, -0.2) is 5.91 Å². The van der Waals surface area contributed by atoms with Gasteiger partial charge < -0.3 is 11.1 Å². The standard InChI is InChI=1S/C13H17BrN2O/c1-3-7(2)12(15)10-6-9(14)4-8-5-11(17)16-13(8)10/h4,6-7,12H,3,5,15H2,1-2H3,(H,16,17). The summed E-state index contributed by atoms with van der Waals surface area (Å²) < 4.78 is 0.988. The highest BCUT2D eigenvalue weighted by atomic mass is 79.9. The zero-order valence-corrected chi connectivity index (χ0v) is 11.7. The van der Waals surface area contributed by atoms with Crippen LogP contribution >= 0.6 is 15.9 Å². The topological polar surface area (TPSA) is 55.1 Å². The highest BCUT2D eigenvalue weighted by molar-refractivity contribution is 9.10. The minimum atomic E-state index is -0.0374. The lowest BCUT2D eigenvalue weighted by Crippen LogP contribution is -2.20. The largest absolute Gasteiger partial charge is 0.325 e. The average Bonchev–Trinajstić information content (AvgIpc) is 2.66. The third kappa shape index (κ3) is 2.38. The van der Waals surface area contributed by atoms with Gasteiger partial charge in [-0.3, -0.25) is 4.79 Å². The van der Waals surface area contributed by atoms with Gasteiger partial charge in [0.2, 0.25) is 5.91 Å². The van der Waals surface area contributed by atoms with Crippen LogP contribution in [0.2, 0.25) is 0 Å². The summed E-state index contributed by atoms with van der Waals surface area (Å²) in [6.07, 6.45) is 1.48. The molecule has 1 aromatic carbocycles. The number of nitrogens with one attached hydrogen (secondary N) is 1. The fourth-order valence-electron chi connectivity index (χ4n) is 2.16. The van der Waals surface area contributed by atoms with E-state index in [0.717, 1.165) is 27.7 Å². The molecule has 2 rings (SSSR count). The van der Waals surface area contributed by atoms with Gasteiger partial charge in [-0.25, -0.2) is 0 Å². The second-order valence-electron chi connectivity index (χ2n) is 4.67. The SMILES string of the molecule is CCC(C)C(N)c1cc(Br)cc2c1NC(=O)C2. The van der Waals surface area contributed by atoms with Crippen LogP contribution in [0.3, 0.4) is 0 Å². The number of hydrogen-bond acceptors (Lipinski definition) is 2. The second-order valence-corrected chi connectivity index (χ2v) is 5.58. The summed E-state index contributed by atoms with van der Waals surface area (Å²) in [5.74, 6) is 0.446. The zero-order valence-electron chi connectivity index (χ0n) is 10.1. The van der Waals surface area contributed by atoms with E-state index in [0.29, 0.717) is 12.3 Å². The minimum Gasteiger partial charge on any atom is -0.325 e. The molecule has 2 unspecified atom stereocenters. The van der Waals surface area contributed by atoms with Crippen molar-refractivity contribution in [3.8, 4) is 0 Å². The Hall–Kier alpha value is -0.870. The number of halogens is 1. The maximum Gasteiger partial charge on any atom is 0.228 e. The highest BCUT2D eigenvalue weighted by Gasteiger charge is 2.25. The maximum atomic E-state index is 11.5. The quantitative estimate of drug-likeness (QED) is 0.901. The molecule has 1 heterocycles. The average molecular weight is 297 g/mol. The van der Waals surface area contributed by atoms with Crippen LogP contribution in [0.15, 0.2) is 16.6 Å². The summed E-state index contributed by atoms with van der Waals surface area (Å²) in [4.78, 5) is 11.5. The summed E-state index contributed by atoms with van der Waals surface area (Å²) in [6, 6.07) is 3.96. The molecule has 0 bridgehead atoms. The monoisotopic (exact) mass is 296 g/mol. The highest BCUT2D eigenvalue weighted by Crippen LogP contribution is 2.36. The van der Waals surface area contributed by atoms with Crippen molar-refractivity contribution >= 4 is 27.5 Å². The molecule has 0 saturated carbocycles. The number of rotatable bonds is 3. The van der Waals surface area contributed by atoms with E-state index >= 15 is 0 Å². The van der Waals surface area contributed by atoms with E-state index in [1.165, 1.54) is 0 Å². The van der Waals surface area contributed by atoms with Crippen LogP contribution in [0.4, 0.5) is 5.69 Å². The van der Waals surface area contributed by atoms with Gasteiger partial charge >= 0.3 is 0 Å². The number of carbonyl (C=O) groups is 1. The predicted octanol–water partition coefficient (Wildman–Crippen LogP) is 2.99. The molecule has 0 fully saturated rings. The number of amides is 1. The molecular weight excluding hydrogens is 280 g/mol. The summed E-state index contributed by atoms with van der Waals surface area (Å²) in [5, 5.41) is 2.91. The first-order chi connectivity index (χ1) is 8.02. The molecule has 3 N–H and O–H groups in total. The van der Waals surface area contributed by atoms with Gasteiger partial charge in [0.1, 0.15) is 0 Å². The van der Waals surface area contributed by atoms with Gasteiger partial charge in [0.05, 0.1) is 6.42 Å². The van der Waals surface area contributed by atoms with Crippen LogP contribution in [0.5, 0.6) is 0 Å². The first-order valence-corrected chi connectivity index (χ1v) is 6.70. The molecule has 0 radical (unpaired) electrons. The second kappa shape index (κ2) is 4.78. The van der Waals surface area contributed by atoms with Crippen molar-refractivity contribution in [1.82, 2.24) is 0 Å². The van der Waals surface area contributed by atoms with E-state index in [-0.39, 0.29) is 11.9 Å². The first kappa shape index (κ1) is 12.6. The molecule has 1 aliphatic heterocycles. The van der Waals surface area contributed by atoms with Crippen molar-refractivity contribution in [2.75, 3.05) is 5.32 Å². The summed E-state index contributed by atoms with van der Waals surface area (Å²) >= 11 is 3.48. The molecule has 1 aliphatic rings. The molecule has 1 aromatic rings. The van der Waals surface area contributed by atoms with Crippen LogP contribution in [0.1, 0.15) is 37.4 Å². The number of fused-ring (bicyclic) bond motifs is 1. The van der Waals surface area contributed by atoms with Gasteiger partial charge in [0.15, 0.2) is 0 Å². The smallest absolute Gasteiger partial charge is 0.228 e. The Morgan fingerprint density at radius 3 is 2.88 bits per heavy atom. The number of carbonyl (C=O) groups excluding carboxylic acids is 1. The molecule has 4 heteroatoms. The lowest BCUT2D eigenvalue weighted by Gasteiger charge is -2.21. The molecule has 17 heavy (non-hydrogen) atoms. The van der Waals surface area contributed by atoms with E-state index < -0.39 is 0 Å². The number of nitrogens with two attached hydrogens (primary N) is 1. The molecule has 3 nitrogen and oxygen atoms in total. The molecule has 92 valence electrons. The van der Waals surface area contributed by atoms with Gasteiger partial charge in [-0.1, -0.05) is 36.2 Å². The molecule has 0 spiro atoms. The Morgan fingerprint density at radius 1 is 1.53 bits per heavy atom. The lowest BCUT2D eigenvalue weighted by molar-refractivity contribution is -0.115. The van der Waals surface area contributed by atoms with Crippen molar-refractivity contribution in [2.45, 2.75) is 32.7 Å². The maximum absolute atomic E-state index is 11.5. The summed E-state index contributed by atoms with van der Waals surface area (Å²) in [5.41, 5.74) is 9.26. The lowest BCUT2D eigenvalue weighted by atomic mass is 9.91. The van der Waals surface area contributed by atoms with Crippen molar-refractivity contribution in [1.29, 1.82) is 0 Å². The third-order valence-electron chi connectivity index (χ3n) is 3.45. The van der Waals surface area contributed by atoms with E-state index in [1.54, 1.807) is 0 Å². The van der Waals surface area contributed by atoms with Crippen LogP contribution < -0.4 is 11.1 Å². The zero-order chi connectivity index (χ0) is 12.6. The van der Waals surface area contributed by atoms with Crippen molar-refractivity contribution in [2.24, 2.45) is 11.7 Å². The molecule has 2 atom stereocenters. The van der Waals surface area contributed by atoms with Crippen molar-refractivity contribution < 1.29 is 4.79 Å². The van der Waals surface area contributed by atoms with Gasteiger partial charge in [0, 0.05) is 16.2 Å². The van der Waals surface area contributed by atoms with Gasteiger partial charge in [-0.15, -0.1) is 0 Å². The Kier molecular flexibility index (Phi) is 3.54. The van der Waals surface area contributed by atoms with Gasteiger partial charge in [-0.2, -0.15) is 0 Å². The van der Waals surface area contributed by atoms with Gasteiger partial charge in [-0.05, 0) is 29.2 Å². The third-order valence-corrected chi connectivity index (χ3v) is 3.90. The van der Waals surface area contributed by atoms with Crippen molar-refractivity contribution in [3.63, 3.8) is 0 Å². The molecular formula is C13H17BrN2O. The predicted molar refractivity (Wildman–Crippen MR) is 72.9 cm³/mol. The molecule has 0 aliphatic carbocycles. The van der Waals surface area contributed by atoms with Gasteiger partial charge in [0.25, 0.3) is 0 Å². The van der Waals surface area contributed by atoms with E-state index in [4.69, 9.17) is 5.73 Å². The Morgan fingerprint density at radius 2 is 2.24 bits per heavy atom. The number of anilines is 1. The van der Waals surface area contributed by atoms with Crippen LogP contribution in [0, 0.1) is 5.92 Å². The molecule has 1 amide bonds. The van der Waals surface area contributed by atoms with E-state index in [1.807, 2.05) is 12.1 Å². The summed E-state index contributed by atoms with van der Waals surface area (Å²) in [7, 11) is 0. The van der Waals surface area contributed by atoms with Crippen LogP contribution in [-0.2, 0) is 11.2 Å². The normalized spacial score (nSPS) is 17.5. The Labute approximate surface area is 110 Å². The van der Waals surface area contributed by atoms with Crippen molar-refractivity contribution in [3.05, 3.63) is 27.7 Å². The minimum absolute atomic E-state index is 0.0374. The van der Waals surface area contributed by atoms with E-state index in [2.05, 4.69) is 35.1 Å². The Bertz CT molecular complexity index is 459. The summed E-state index contributed by atoms with van der Waals surface area (Å²) in [6.45, 7) is 4.26. The van der Waals surface area contributed by atoms with E-state index in [9.17, 15) is 4.79 Å².